The predicted octanol–water partition coefficient (Wildman–Crippen LogP) is 8.84. The molecule has 10 aromatic rings. The Morgan fingerprint density at radius 2 is 0.986 bits per heavy atom. The van der Waals surface area contributed by atoms with Gasteiger partial charge in [0, 0.05) is 116 Å². The van der Waals surface area contributed by atoms with E-state index in [0.717, 1.165) is 114 Å². The van der Waals surface area contributed by atoms with E-state index in [1.165, 1.54) is 0 Å². The second-order valence-electron chi connectivity index (χ2n) is 20.2. The molecular formula is C54H45Br3N10O6. The van der Waals surface area contributed by atoms with Gasteiger partial charge in [0.15, 0.2) is 11.4 Å². The molecule has 0 spiro atoms. The first-order valence-electron chi connectivity index (χ1n) is 24.0. The van der Waals surface area contributed by atoms with Gasteiger partial charge in [-0.1, -0.05) is 70.5 Å². The minimum Gasteiger partial charge on any atom is -0.357 e. The summed E-state index contributed by atoms with van der Waals surface area (Å²) >= 11 is 9.13. The zero-order chi connectivity index (χ0) is 50.6. The number of likely N-dealkylation sites (N-methyl/N-ethyl adjacent to an activating group) is 2. The number of carbonyl (C=O) groups is 4. The third kappa shape index (κ3) is 5.14. The Balaban J connectivity index is 0.000000131. The molecule has 16 nitrogen and oxygen atoms in total. The van der Waals surface area contributed by atoms with Crippen LogP contribution in [0.3, 0.4) is 0 Å². The van der Waals surface area contributed by atoms with Crippen LogP contribution in [-0.2, 0) is 43.6 Å². The van der Waals surface area contributed by atoms with Crippen LogP contribution < -0.4 is 32.7 Å². The quantitative estimate of drug-likeness (QED) is 0.0984. The lowest BCUT2D eigenvalue weighted by atomic mass is 9.85. The zero-order valence-electron chi connectivity index (χ0n) is 39.7. The lowest BCUT2D eigenvalue weighted by Gasteiger charge is -2.39. The number of nitrogens with one attached hydrogen (secondary N) is 4. The van der Waals surface area contributed by atoms with Crippen LogP contribution in [0.25, 0.3) is 87.2 Å². The second kappa shape index (κ2) is 14.9. The zero-order valence-corrected chi connectivity index (χ0v) is 44.4. The van der Waals surface area contributed by atoms with Crippen molar-refractivity contribution in [1.82, 2.24) is 39.5 Å². The van der Waals surface area contributed by atoms with Gasteiger partial charge in [-0.3, -0.25) is 19.2 Å². The highest BCUT2D eigenvalue weighted by atomic mass is 80.9. The lowest BCUT2D eigenvalue weighted by Crippen LogP contribution is -2.65. The van der Waals surface area contributed by atoms with Gasteiger partial charge in [-0.25, -0.2) is 0 Å². The molecule has 6 aliphatic rings. The molecule has 6 atom stereocenters. The van der Waals surface area contributed by atoms with Gasteiger partial charge < -0.3 is 60.5 Å². The van der Waals surface area contributed by atoms with Crippen molar-refractivity contribution >= 4 is 155 Å². The van der Waals surface area contributed by atoms with Gasteiger partial charge in [-0.05, 0) is 61.4 Å². The van der Waals surface area contributed by atoms with Gasteiger partial charge in [0.2, 0.25) is 11.8 Å². The summed E-state index contributed by atoms with van der Waals surface area (Å²) in [5.41, 5.74) is 20.0. The Morgan fingerprint density at radius 3 is 1.44 bits per heavy atom. The molecule has 10 heterocycles. The highest BCUT2D eigenvalue weighted by molar-refractivity contribution is 9.93. The molecule has 4 amide bonds. The number of nitrogens with zero attached hydrogens (tertiary/aromatic N) is 4. The van der Waals surface area contributed by atoms with E-state index in [1.807, 2.05) is 74.5 Å². The third-order valence-electron chi connectivity index (χ3n) is 17.2. The Morgan fingerprint density at radius 1 is 0.589 bits per heavy atom. The maximum absolute atomic E-state index is 13.4. The average Bonchev–Trinajstić information content (AvgIpc) is 4.33. The number of hydrogen-bond acceptors (Lipinski definition) is 8. The summed E-state index contributed by atoms with van der Waals surface area (Å²) in [5.74, 6) is -0.651. The van der Waals surface area contributed by atoms with Crippen molar-refractivity contribution in [1.29, 1.82) is 0 Å². The Bertz CT molecular complexity index is 4270. The van der Waals surface area contributed by atoms with Gasteiger partial charge in [0.1, 0.15) is 23.5 Å². The van der Waals surface area contributed by atoms with Gasteiger partial charge in [-0.2, -0.15) is 0 Å². The molecule has 4 unspecified atom stereocenters. The fourth-order valence-corrected chi connectivity index (χ4v) is 14.4. The summed E-state index contributed by atoms with van der Waals surface area (Å²) in [7, 11) is 3.22. The molecule has 0 radical (unpaired) electrons. The first kappa shape index (κ1) is 45.3. The average molecular weight is 1170 g/mol. The summed E-state index contributed by atoms with van der Waals surface area (Å²) in [6.45, 7) is 4.74. The SMILES string of the molecule is BrBr.CNC(=O)[C@@]1(N)CC2OC1(C)n1c3ccccc3c3c4c(c5c6cc(Br)ccc6n2c5c31)C(=O)NC4.CNC(=O)[C@@]1(N)CC2OC1(C)n1c3ccccc3c3c4c(c5c6ccccc6n2c5c31)C(=O)NC4. The largest absolute Gasteiger partial charge is 0.357 e. The van der Waals surface area contributed by atoms with E-state index in [2.05, 4.69) is 114 Å². The topological polar surface area (TPSA) is 207 Å². The Hall–Kier alpha value is -6.32. The molecule has 6 aliphatic heterocycles. The molecule has 16 rings (SSSR count). The fraction of sp³-hybridized carbons (Fsp3) is 0.259. The third-order valence-corrected chi connectivity index (χ3v) is 17.7. The molecule has 0 saturated carbocycles. The van der Waals surface area contributed by atoms with Crippen LogP contribution in [0.5, 0.6) is 0 Å². The predicted molar refractivity (Wildman–Crippen MR) is 292 cm³/mol. The highest BCUT2D eigenvalue weighted by Crippen LogP contribution is 2.59. The van der Waals surface area contributed by atoms with E-state index in [-0.39, 0.29) is 30.0 Å². The van der Waals surface area contributed by atoms with E-state index in [0.29, 0.717) is 19.5 Å². The van der Waals surface area contributed by atoms with E-state index in [1.54, 1.807) is 14.1 Å². The molecular weight excluding hydrogens is 1120 g/mol. The number of aromatic nitrogens is 4. The van der Waals surface area contributed by atoms with Crippen molar-refractivity contribution < 1.29 is 28.7 Å². The van der Waals surface area contributed by atoms with Crippen LogP contribution in [-0.4, -0.2) is 67.1 Å². The number of nitrogens with two attached hydrogens (primary N) is 2. The summed E-state index contributed by atoms with van der Waals surface area (Å²) < 4.78 is 23.2. The molecule has 6 aromatic carbocycles. The van der Waals surface area contributed by atoms with E-state index in [4.69, 9.17) is 20.9 Å². The van der Waals surface area contributed by atoms with Crippen molar-refractivity contribution in [2.24, 2.45) is 11.5 Å². The Labute approximate surface area is 438 Å². The smallest absolute Gasteiger partial charge is 0.252 e. The van der Waals surface area contributed by atoms with Crippen LogP contribution in [0.15, 0.2) is 95.5 Å². The number of amides is 4. The molecule has 19 heteroatoms. The molecule has 2 fully saturated rings. The van der Waals surface area contributed by atoms with E-state index >= 15 is 0 Å². The number of benzene rings is 6. The Kier molecular flexibility index (Phi) is 9.26. The van der Waals surface area contributed by atoms with Crippen LogP contribution in [0, 0.1) is 0 Å². The van der Waals surface area contributed by atoms with Crippen molar-refractivity contribution in [3.05, 3.63) is 118 Å². The normalized spacial score (nSPS) is 25.9. The molecule has 4 aromatic heterocycles. The monoisotopic (exact) mass is 1170 g/mol. The van der Waals surface area contributed by atoms with Gasteiger partial charge >= 0.3 is 0 Å². The number of fused-ring (bicyclic) bond motifs is 26. The summed E-state index contributed by atoms with van der Waals surface area (Å²) in [4.78, 5) is 53.3. The van der Waals surface area contributed by atoms with Gasteiger partial charge in [0.25, 0.3) is 11.8 Å². The second-order valence-corrected chi connectivity index (χ2v) is 21.1. The number of halogens is 3. The standard InChI is InChI=1S/C27H22BrN5O3.C27H23N5O3.Br2/c1-26-27(29,25(35)30-2)10-18(36-26)32-16-8-7-12(28)9-14(16)20-21-15(11-31-24(21)34)19-13-5-3-4-6-17(13)33(26)23(19)22(20)32;1-26-27(28,25(34)29-2)11-18(35-26)31-16-9-5-3-7-13(16)20-21-15(12-30-24(21)33)19-14-8-4-6-10-17(14)32(26)23(19)22(20)31;1-2/h3-9,18H,10-11,29H2,1-2H3,(H,30,35)(H,31,34);3-10,18H,11-12,28H2,1-2H3,(H,29,34)(H,30,33);/t2*18?,26?,27-;/m00./s1. The maximum atomic E-state index is 13.4. The first-order valence-corrected chi connectivity index (χ1v) is 28.5. The molecule has 368 valence electrons. The van der Waals surface area contributed by atoms with E-state index < -0.39 is 35.0 Å². The number of hydrogen-bond donors (Lipinski definition) is 6. The molecule has 8 N–H and O–H groups in total. The number of carbonyl (C=O) groups excluding carboxylic acids is 4. The van der Waals surface area contributed by atoms with Crippen molar-refractivity contribution in [3.63, 3.8) is 0 Å². The number of para-hydroxylation sites is 3. The number of ether oxygens (including phenoxy) is 2. The lowest BCUT2D eigenvalue weighted by molar-refractivity contribution is -0.149. The van der Waals surface area contributed by atoms with Crippen LogP contribution in [0.2, 0.25) is 0 Å². The van der Waals surface area contributed by atoms with Gasteiger partial charge in [-0.15, -0.1) is 0 Å². The summed E-state index contributed by atoms with van der Waals surface area (Å²) in [6.07, 6.45) is -0.389. The van der Waals surface area contributed by atoms with Crippen LogP contribution in [0.1, 0.15) is 71.0 Å². The molecule has 73 heavy (non-hydrogen) atoms. The molecule has 2 saturated heterocycles. The minimum atomic E-state index is -1.33. The van der Waals surface area contributed by atoms with Crippen LogP contribution >= 0.6 is 44.2 Å². The van der Waals surface area contributed by atoms with Crippen molar-refractivity contribution in [2.75, 3.05) is 14.1 Å². The van der Waals surface area contributed by atoms with Gasteiger partial charge in [0.05, 0.1) is 55.3 Å². The van der Waals surface area contributed by atoms with Crippen molar-refractivity contribution in [3.8, 4) is 0 Å². The number of rotatable bonds is 2. The molecule has 0 aliphatic carbocycles. The van der Waals surface area contributed by atoms with Crippen molar-refractivity contribution in [2.45, 2.75) is 74.8 Å². The molecule has 4 bridgehead atoms. The fourth-order valence-electron chi connectivity index (χ4n) is 14.1. The maximum Gasteiger partial charge on any atom is 0.252 e. The summed E-state index contributed by atoms with van der Waals surface area (Å²) in [5, 5.41) is 19.6. The first-order chi connectivity index (χ1) is 35.2. The summed E-state index contributed by atoms with van der Waals surface area (Å²) in [6, 6.07) is 30.4. The highest BCUT2D eigenvalue weighted by Gasteiger charge is 2.65. The van der Waals surface area contributed by atoms with E-state index in [9.17, 15) is 19.2 Å². The van der Waals surface area contributed by atoms with Crippen LogP contribution in [0.4, 0.5) is 0 Å². The minimum absolute atomic E-state index is 0.0540.